The molecule has 0 spiro atoms. The molecule has 5 heteroatoms. The van der Waals surface area contributed by atoms with Crippen LogP contribution in [0.1, 0.15) is 31.2 Å². The molecule has 0 saturated heterocycles. The highest BCUT2D eigenvalue weighted by atomic mass is 32.2. The van der Waals surface area contributed by atoms with Crippen LogP contribution in [0.4, 0.5) is 0 Å². The Bertz CT molecular complexity index is 468. The molecule has 0 heterocycles. The molecule has 0 fully saturated rings. The third-order valence-electron chi connectivity index (χ3n) is 3.08. The van der Waals surface area contributed by atoms with E-state index in [4.69, 9.17) is 0 Å². The Morgan fingerprint density at radius 3 is 2.37 bits per heavy atom. The van der Waals surface area contributed by atoms with Crippen LogP contribution in [-0.2, 0) is 9.84 Å². The highest BCUT2D eigenvalue weighted by molar-refractivity contribution is 7.91. The van der Waals surface area contributed by atoms with Crippen molar-refractivity contribution in [2.24, 2.45) is 0 Å². The molecule has 1 unspecified atom stereocenters. The van der Waals surface area contributed by atoms with Crippen LogP contribution in [0.25, 0.3) is 0 Å². The standard InChI is InChI=1S/C14H23NO3S/c1-12-6-8-14(9-7-12)19(17,18)11-13(16)5-3-2-4-10-15/h6-9,13,16H,2-5,10-11,15H2,1H3/p+1. The van der Waals surface area contributed by atoms with Crippen LogP contribution < -0.4 is 5.73 Å². The van der Waals surface area contributed by atoms with Gasteiger partial charge in [0.25, 0.3) is 0 Å². The number of hydrogen-bond donors (Lipinski definition) is 2. The Kier molecular flexibility index (Phi) is 6.48. The normalized spacial score (nSPS) is 13.4. The molecule has 1 rings (SSSR count). The lowest BCUT2D eigenvalue weighted by Crippen LogP contribution is -2.50. The lowest BCUT2D eigenvalue weighted by Gasteiger charge is -2.11. The average molecular weight is 286 g/mol. The zero-order valence-corrected chi connectivity index (χ0v) is 12.3. The van der Waals surface area contributed by atoms with Crippen LogP contribution in [-0.4, -0.2) is 31.9 Å². The van der Waals surface area contributed by atoms with Crippen molar-refractivity contribution >= 4 is 9.84 Å². The third kappa shape index (κ3) is 5.72. The van der Waals surface area contributed by atoms with Crippen molar-refractivity contribution in [1.82, 2.24) is 0 Å². The van der Waals surface area contributed by atoms with E-state index in [1.807, 2.05) is 6.92 Å². The molecule has 0 bridgehead atoms. The monoisotopic (exact) mass is 286 g/mol. The first-order valence-corrected chi connectivity index (χ1v) is 8.37. The van der Waals surface area contributed by atoms with E-state index in [9.17, 15) is 13.5 Å². The van der Waals surface area contributed by atoms with Crippen LogP contribution in [0, 0.1) is 6.92 Å². The minimum absolute atomic E-state index is 0.194. The van der Waals surface area contributed by atoms with Crippen LogP contribution in [0.2, 0.25) is 0 Å². The number of sulfone groups is 1. The molecule has 108 valence electrons. The van der Waals surface area contributed by atoms with Crippen molar-refractivity contribution in [1.29, 1.82) is 0 Å². The van der Waals surface area contributed by atoms with E-state index in [0.717, 1.165) is 31.4 Å². The molecule has 1 atom stereocenters. The zero-order valence-electron chi connectivity index (χ0n) is 11.5. The van der Waals surface area contributed by atoms with E-state index in [0.29, 0.717) is 6.42 Å². The minimum atomic E-state index is -3.38. The first-order valence-electron chi connectivity index (χ1n) is 6.72. The highest BCUT2D eigenvalue weighted by Gasteiger charge is 2.19. The SMILES string of the molecule is Cc1ccc(S(=O)(=O)CC(O)CCCCC[NH3+])cc1. The minimum Gasteiger partial charge on any atom is -0.392 e. The maximum absolute atomic E-state index is 12.1. The summed E-state index contributed by atoms with van der Waals surface area (Å²) < 4.78 is 24.1. The second-order valence-electron chi connectivity index (χ2n) is 4.95. The van der Waals surface area contributed by atoms with Gasteiger partial charge in [0, 0.05) is 0 Å². The molecule has 1 aromatic rings. The number of aliphatic hydroxyl groups is 1. The fraction of sp³-hybridized carbons (Fsp3) is 0.571. The summed E-state index contributed by atoms with van der Waals surface area (Å²) in [6.45, 7) is 2.80. The molecule has 1 aromatic carbocycles. The fourth-order valence-electron chi connectivity index (χ4n) is 1.91. The summed E-state index contributed by atoms with van der Waals surface area (Å²) >= 11 is 0. The number of benzene rings is 1. The molecule has 0 aliphatic heterocycles. The van der Waals surface area contributed by atoms with Crippen molar-refractivity contribution in [2.75, 3.05) is 12.3 Å². The first-order chi connectivity index (χ1) is 8.95. The highest BCUT2D eigenvalue weighted by Crippen LogP contribution is 2.15. The van der Waals surface area contributed by atoms with E-state index < -0.39 is 15.9 Å². The number of unbranched alkanes of at least 4 members (excludes halogenated alkanes) is 2. The predicted octanol–water partition coefficient (Wildman–Crippen LogP) is 0.932. The summed E-state index contributed by atoms with van der Waals surface area (Å²) in [5.74, 6) is -0.194. The first kappa shape index (κ1) is 16.1. The molecule has 4 nitrogen and oxygen atoms in total. The number of aryl methyl sites for hydroxylation is 1. The Morgan fingerprint density at radius 1 is 1.16 bits per heavy atom. The third-order valence-corrected chi connectivity index (χ3v) is 4.89. The summed E-state index contributed by atoms with van der Waals surface area (Å²) in [6, 6.07) is 6.74. The van der Waals surface area contributed by atoms with Gasteiger partial charge < -0.3 is 10.8 Å². The van der Waals surface area contributed by atoms with Crippen LogP contribution in [0.3, 0.4) is 0 Å². The van der Waals surface area contributed by atoms with Gasteiger partial charge in [-0.3, -0.25) is 0 Å². The summed E-state index contributed by atoms with van der Waals surface area (Å²) in [5.41, 5.74) is 4.77. The molecule has 0 amide bonds. The van der Waals surface area contributed by atoms with Gasteiger partial charge in [0.2, 0.25) is 0 Å². The zero-order chi connectivity index (χ0) is 14.3. The maximum Gasteiger partial charge on any atom is 0.180 e. The molecule has 0 aliphatic rings. The summed E-state index contributed by atoms with van der Waals surface area (Å²) in [5, 5.41) is 9.81. The van der Waals surface area contributed by atoms with Crippen LogP contribution in [0.5, 0.6) is 0 Å². The van der Waals surface area contributed by atoms with Gasteiger partial charge in [0.15, 0.2) is 9.84 Å². The summed E-state index contributed by atoms with van der Waals surface area (Å²) in [4.78, 5) is 0.287. The van der Waals surface area contributed by atoms with E-state index in [1.54, 1.807) is 24.3 Å². The van der Waals surface area contributed by atoms with Crippen LogP contribution >= 0.6 is 0 Å². The van der Waals surface area contributed by atoms with Gasteiger partial charge in [-0.1, -0.05) is 24.1 Å². The van der Waals surface area contributed by atoms with E-state index in [2.05, 4.69) is 5.73 Å². The Morgan fingerprint density at radius 2 is 1.79 bits per heavy atom. The topological polar surface area (TPSA) is 82.0 Å². The predicted molar refractivity (Wildman–Crippen MR) is 75.5 cm³/mol. The second-order valence-corrected chi connectivity index (χ2v) is 6.99. The van der Waals surface area contributed by atoms with Crippen molar-refractivity contribution < 1.29 is 19.3 Å². The van der Waals surface area contributed by atoms with Gasteiger partial charge >= 0.3 is 0 Å². The summed E-state index contributed by atoms with van der Waals surface area (Å²) in [7, 11) is -3.38. The number of quaternary nitrogens is 1. The van der Waals surface area contributed by atoms with Crippen molar-refractivity contribution in [2.45, 2.75) is 43.6 Å². The average Bonchev–Trinajstić information content (AvgIpc) is 2.34. The lowest BCUT2D eigenvalue weighted by molar-refractivity contribution is -0.368. The Hall–Kier alpha value is -0.910. The largest absolute Gasteiger partial charge is 0.392 e. The van der Waals surface area contributed by atoms with Gasteiger partial charge in [0.05, 0.1) is 23.3 Å². The maximum atomic E-state index is 12.1. The van der Waals surface area contributed by atoms with Crippen molar-refractivity contribution in [3.05, 3.63) is 29.8 Å². The van der Waals surface area contributed by atoms with E-state index in [-0.39, 0.29) is 10.6 Å². The summed E-state index contributed by atoms with van der Waals surface area (Å²) in [6.07, 6.45) is 2.62. The number of aliphatic hydroxyl groups excluding tert-OH is 1. The van der Waals surface area contributed by atoms with Gasteiger partial charge in [-0.05, 0) is 38.3 Å². The molecular weight excluding hydrogens is 262 g/mol. The molecular formula is C14H24NO3S+. The Labute approximate surface area is 115 Å². The molecule has 0 radical (unpaired) electrons. The quantitative estimate of drug-likeness (QED) is 0.698. The van der Waals surface area contributed by atoms with Gasteiger partial charge in [-0.15, -0.1) is 0 Å². The van der Waals surface area contributed by atoms with Gasteiger partial charge in [-0.25, -0.2) is 8.42 Å². The lowest BCUT2D eigenvalue weighted by atomic mass is 10.1. The van der Waals surface area contributed by atoms with Crippen LogP contribution in [0.15, 0.2) is 29.2 Å². The molecule has 19 heavy (non-hydrogen) atoms. The van der Waals surface area contributed by atoms with Crippen molar-refractivity contribution in [3.63, 3.8) is 0 Å². The van der Waals surface area contributed by atoms with Gasteiger partial charge in [0.1, 0.15) is 0 Å². The smallest absolute Gasteiger partial charge is 0.180 e. The molecule has 0 aliphatic carbocycles. The van der Waals surface area contributed by atoms with Crippen molar-refractivity contribution in [3.8, 4) is 0 Å². The Balaban J connectivity index is 2.52. The fourth-order valence-corrected chi connectivity index (χ4v) is 3.33. The van der Waals surface area contributed by atoms with Gasteiger partial charge in [-0.2, -0.15) is 0 Å². The second kappa shape index (κ2) is 7.62. The number of hydrogen-bond acceptors (Lipinski definition) is 3. The molecule has 0 saturated carbocycles. The molecule has 0 aromatic heterocycles. The van der Waals surface area contributed by atoms with E-state index >= 15 is 0 Å². The van der Waals surface area contributed by atoms with E-state index in [1.165, 1.54) is 0 Å². The number of rotatable bonds is 8. The molecule has 4 N–H and O–H groups in total.